The summed E-state index contributed by atoms with van der Waals surface area (Å²) in [6.45, 7) is 4.02. The minimum absolute atomic E-state index is 0.0754. The molecule has 1 aromatic rings. The Morgan fingerprint density at radius 1 is 1.56 bits per heavy atom. The lowest BCUT2D eigenvalue weighted by atomic mass is 9.94. The molecule has 5 heteroatoms. The Hall–Kier alpha value is -0.870. The summed E-state index contributed by atoms with van der Waals surface area (Å²) in [5, 5.41) is 8.05. The lowest BCUT2D eigenvalue weighted by Gasteiger charge is -2.40. The van der Waals surface area contributed by atoms with Crippen molar-refractivity contribution in [2.75, 3.05) is 25.1 Å². The second-order valence-electron chi connectivity index (χ2n) is 4.42. The van der Waals surface area contributed by atoms with Gasteiger partial charge in [-0.15, -0.1) is 5.10 Å². The summed E-state index contributed by atoms with van der Waals surface area (Å²) in [6.07, 6.45) is 3.95. The Morgan fingerprint density at radius 2 is 2.38 bits per heavy atom. The fourth-order valence-electron chi connectivity index (χ4n) is 2.10. The third-order valence-electron chi connectivity index (χ3n) is 3.13. The van der Waals surface area contributed by atoms with E-state index in [2.05, 4.69) is 22.0 Å². The van der Waals surface area contributed by atoms with E-state index in [0.717, 1.165) is 31.6 Å². The Kier molecular flexibility index (Phi) is 3.30. The van der Waals surface area contributed by atoms with Gasteiger partial charge in [0.2, 0.25) is 0 Å². The Bertz CT molecular complexity index is 374. The number of anilines is 1. The molecule has 1 aliphatic heterocycles. The molecule has 88 valence electrons. The summed E-state index contributed by atoms with van der Waals surface area (Å²) in [5.41, 5.74) is 0.941. The third kappa shape index (κ3) is 2.44. The van der Waals surface area contributed by atoms with Crippen LogP contribution in [0.2, 0.25) is 5.15 Å². The van der Waals surface area contributed by atoms with Gasteiger partial charge < -0.3 is 9.64 Å². The van der Waals surface area contributed by atoms with E-state index in [4.69, 9.17) is 16.3 Å². The molecule has 0 aromatic carbocycles. The van der Waals surface area contributed by atoms with E-state index in [9.17, 15) is 0 Å². The van der Waals surface area contributed by atoms with Crippen LogP contribution in [0.15, 0.2) is 12.3 Å². The first-order valence-corrected chi connectivity index (χ1v) is 5.79. The van der Waals surface area contributed by atoms with Crippen LogP contribution in [-0.2, 0) is 4.74 Å². The van der Waals surface area contributed by atoms with Crippen LogP contribution in [0.25, 0.3) is 0 Å². The highest BCUT2D eigenvalue weighted by molar-refractivity contribution is 6.29. The monoisotopic (exact) mass is 241 g/mol. The van der Waals surface area contributed by atoms with E-state index in [1.165, 1.54) is 0 Å². The molecule has 0 N–H and O–H groups in total. The first-order valence-electron chi connectivity index (χ1n) is 5.41. The Labute approximate surface area is 101 Å². The highest BCUT2D eigenvalue weighted by atomic mass is 35.5. The van der Waals surface area contributed by atoms with Gasteiger partial charge in [0.05, 0.1) is 17.5 Å². The van der Waals surface area contributed by atoms with Gasteiger partial charge in [-0.05, 0) is 19.8 Å². The molecule has 0 spiro atoms. The van der Waals surface area contributed by atoms with Crippen molar-refractivity contribution in [1.82, 2.24) is 10.2 Å². The van der Waals surface area contributed by atoms with Crippen LogP contribution in [0.4, 0.5) is 5.69 Å². The smallest absolute Gasteiger partial charge is 0.153 e. The number of methoxy groups -OCH3 is 1. The third-order valence-corrected chi connectivity index (χ3v) is 3.31. The van der Waals surface area contributed by atoms with Crippen molar-refractivity contribution in [1.29, 1.82) is 0 Å². The molecule has 0 amide bonds. The predicted octanol–water partition coefficient (Wildman–Crippen LogP) is 2.14. The molecule has 0 bridgehead atoms. The normalized spacial score (nSPS) is 25.8. The number of hydrogen-bond acceptors (Lipinski definition) is 4. The number of ether oxygens (including phenoxy) is 1. The van der Waals surface area contributed by atoms with Crippen molar-refractivity contribution in [2.24, 2.45) is 0 Å². The molecule has 1 unspecified atom stereocenters. The topological polar surface area (TPSA) is 38.2 Å². The maximum Gasteiger partial charge on any atom is 0.153 e. The fourth-order valence-corrected chi connectivity index (χ4v) is 2.25. The van der Waals surface area contributed by atoms with E-state index in [1.54, 1.807) is 13.3 Å². The molecule has 1 saturated heterocycles. The second-order valence-corrected chi connectivity index (χ2v) is 4.80. The first kappa shape index (κ1) is 11.6. The number of halogens is 1. The number of aromatic nitrogens is 2. The summed E-state index contributed by atoms with van der Waals surface area (Å²) < 4.78 is 5.55. The van der Waals surface area contributed by atoms with Crippen LogP contribution < -0.4 is 4.90 Å². The maximum absolute atomic E-state index is 5.84. The molecule has 1 atom stereocenters. The van der Waals surface area contributed by atoms with E-state index in [1.807, 2.05) is 6.07 Å². The van der Waals surface area contributed by atoms with E-state index < -0.39 is 0 Å². The van der Waals surface area contributed by atoms with Gasteiger partial charge >= 0.3 is 0 Å². The van der Waals surface area contributed by atoms with Gasteiger partial charge in [0, 0.05) is 26.3 Å². The van der Waals surface area contributed by atoms with Gasteiger partial charge in [0.15, 0.2) is 5.15 Å². The Balaban J connectivity index is 2.16. The lowest BCUT2D eigenvalue weighted by molar-refractivity contribution is -0.00467. The van der Waals surface area contributed by atoms with E-state index in [-0.39, 0.29) is 5.60 Å². The zero-order valence-corrected chi connectivity index (χ0v) is 10.4. The molecule has 0 saturated carbocycles. The zero-order chi connectivity index (χ0) is 11.6. The molecule has 2 heterocycles. The van der Waals surface area contributed by atoms with E-state index >= 15 is 0 Å². The molecule has 4 nitrogen and oxygen atoms in total. The molecule has 1 fully saturated rings. The number of piperidine rings is 1. The number of nitrogens with zero attached hydrogens (tertiary/aromatic N) is 3. The summed E-state index contributed by atoms with van der Waals surface area (Å²) in [6, 6.07) is 1.84. The average molecular weight is 242 g/mol. The summed E-state index contributed by atoms with van der Waals surface area (Å²) in [5.74, 6) is 0. The minimum atomic E-state index is -0.0754. The maximum atomic E-state index is 5.84. The highest BCUT2D eigenvalue weighted by Crippen LogP contribution is 2.28. The molecular weight excluding hydrogens is 226 g/mol. The Morgan fingerprint density at radius 3 is 3.06 bits per heavy atom. The number of hydrogen-bond donors (Lipinski definition) is 0. The van der Waals surface area contributed by atoms with Gasteiger partial charge in [-0.25, -0.2) is 0 Å². The molecule has 16 heavy (non-hydrogen) atoms. The molecule has 0 aliphatic carbocycles. The van der Waals surface area contributed by atoms with Crippen LogP contribution in [-0.4, -0.2) is 36.0 Å². The van der Waals surface area contributed by atoms with Crippen LogP contribution in [0, 0.1) is 0 Å². The quantitative estimate of drug-likeness (QED) is 0.795. The van der Waals surface area contributed by atoms with Gasteiger partial charge in [-0.2, -0.15) is 5.10 Å². The first-order chi connectivity index (χ1) is 7.63. The van der Waals surface area contributed by atoms with Crippen molar-refractivity contribution in [3.63, 3.8) is 0 Å². The van der Waals surface area contributed by atoms with Crippen molar-refractivity contribution >= 4 is 17.3 Å². The van der Waals surface area contributed by atoms with Crippen molar-refractivity contribution in [2.45, 2.75) is 25.4 Å². The van der Waals surface area contributed by atoms with Gasteiger partial charge in [0.25, 0.3) is 0 Å². The molecule has 2 rings (SSSR count). The van der Waals surface area contributed by atoms with Crippen LogP contribution in [0.3, 0.4) is 0 Å². The minimum Gasteiger partial charge on any atom is -0.377 e. The van der Waals surface area contributed by atoms with Gasteiger partial charge in [0.1, 0.15) is 0 Å². The zero-order valence-electron chi connectivity index (χ0n) is 9.61. The lowest BCUT2D eigenvalue weighted by Crippen LogP contribution is -2.47. The summed E-state index contributed by atoms with van der Waals surface area (Å²) in [7, 11) is 1.77. The fraction of sp³-hybridized carbons (Fsp3) is 0.636. The van der Waals surface area contributed by atoms with Crippen molar-refractivity contribution in [3.8, 4) is 0 Å². The predicted molar refractivity (Wildman–Crippen MR) is 63.9 cm³/mol. The van der Waals surface area contributed by atoms with Crippen molar-refractivity contribution < 1.29 is 4.74 Å². The molecule has 1 aliphatic rings. The summed E-state index contributed by atoms with van der Waals surface area (Å²) in [4.78, 5) is 2.24. The van der Waals surface area contributed by atoms with Crippen LogP contribution in [0.1, 0.15) is 19.8 Å². The molecular formula is C11H16ClN3O. The highest BCUT2D eigenvalue weighted by Gasteiger charge is 2.30. The second kappa shape index (κ2) is 4.55. The van der Waals surface area contributed by atoms with Crippen LogP contribution in [0.5, 0.6) is 0 Å². The van der Waals surface area contributed by atoms with Gasteiger partial charge in [-0.3, -0.25) is 0 Å². The number of rotatable bonds is 2. The van der Waals surface area contributed by atoms with Crippen molar-refractivity contribution in [3.05, 3.63) is 17.4 Å². The van der Waals surface area contributed by atoms with Crippen LogP contribution >= 0.6 is 11.6 Å². The summed E-state index contributed by atoms with van der Waals surface area (Å²) >= 11 is 5.84. The SMILES string of the molecule is COC1(C)CCCN(c2cnnc(Cl)c2)C1. The van der Waals surface area contributed by atoms with Gasteiger partial charge in [-0.1, -0.05) is 11.6 Å². The van der Waals surface area contributed by atoms with E-state index in [0.29, 0.717) is 5.15 Å². The standard InChI is InChI=1S/C11H16ClN3O/c1-11(16-2)4-3-5-15(8-11)9-6-10(12)14-13-7-9/h6-7H,3-5,8H2,1-2H3. The molecule has 1 aromatic heterocycles. The average Bonchev–Trinajstić information content (AvgIpc) is 2.29. The largest absolute Gasteiger partial charge is 0.377 e. The molecule has 0 radical (unpaired) electrons.